The van der Waals surface area contributed by atoms with E-state index in [0.717, 1.165) is 12.8 Å². The predicted molar refractivity (Wildman–Crippen MR) is 48.3 cm³/mol. The highest BCUT2D eigenvalue weighted by atomic mass is 35.5. The number of ether oxygens (including phenoxy) is 1. The quantitative estimate of drug-likeness (QED) is 0.697. The average molecular weight is 198 g/mol. The van der Waals surface area contributed by atoms with Crippen LogP contribution in [0.15, 0.2) is 12.3 Å². The molecule has 0 amide bonds. The Morgan fingerprint density at radius 2 is 2.38 bits per heavy atom. The molecule has 0 bridgehead atoms. The van der Waals surface area contributed by atoms with Crippen LogP contribution in [-0.2, 0) is 0 Å². The normalized spacial score (nSPS) is 15.5. The Morgan fingerprint density at radius 1 is 1.62 bits per heavy atom. The molecule has 4 heteroatoms. The summed E-state index contributed by atoms with van der Waals surface area (Å²) in [6.07, 6.45) is 4.65. The summed E-state index contributed by atoms with van der Waals surface area (Å²) < 4.78 is 5.44. The van der Waals surface area contributed by atoms with Crippen LogP contribution in [0, 0.1) is 0 Å². The van der Waals surface area contributed by atoms with Crippen LogP contribution in [0.4, 0.5) is 0 Å². The third-order valence-electron chi connectivity index (χ3n) is 1.78. The van der Waals surface area contributed by atoms with E-state index in [9.17, 15) is 4.79 Å². The van der Waals surface area contributed by atoms with Crippen LogP contribution in [0.5, 0.6) is 5.75 Å². The fourth-order valence-electron chi connectivity index (χ4n) is 0.960. The lowest BCUT2D eigenvalue weighted by Gasteiger charge is -2.03. The van der Waals surface area contributed by atoms with Gasteiger partial charge in [-0.3, -0.25) is 4.79 Å². The summed E-state index contributed by atoms with van der Waals surface area (Å²) in [4.78, 5) is 14.2. The molecule has 0 atom stereocenters. The Bertz CT molecular complexity index is 336. The Labute approximate surface area is 80.7 Å². The van der Waals surface area contributed by atoms with Gasteiger partial charge in [0, 0.05) is 6.07 Å². The van der Waals surface area contributed by atoms with Gasteiger partial charge in [0.05, 0.1) is 17.3 Å². The molecule has 0 aromatic carbocycles. The average Bonchev–Trinajstić information content (AvgIpc) is 2.89. The molecule has 2 rings (SSSR count). The molecule has 1 aromatic rings. The van der Waals surface area contributed by atoms with E-state index in [-0.39, 0.29) is 5.69 Å². The van der Waals surface area contributed by atoms with E-state index < -0.39 is 0 Å². The molecule has 1 saturated carbocycles. The summed E-state index contributed by atoms with van der Waals surface area (Å²) in [5, 5.41) is 0.341. The first kappa shape index (κ1) is 8.51. The zero-order chi connectivity index (χ0) is 9.26. The van der Waals surface area contributed by atoms with Crippen LogP contribution in [-0.4, -0.2) is 17.4 Å². The molecule has 0 aliphatic heterocycles. The molecule has 1 aliphatic rings. The van der Waals surface area contributed by atoms with Crippen molar-refractivity contribution in [3.8, 4) is 5.75 Å². The highest BCUT2D eigenvalue weighted by Gasteiger charge is 2.23. The third-order valence-corrected chi connectivity index (χ3v) is 2.09. The first-order valence-corrected chi connectivity index (χ1v) is 4.45. The van der Waals surface area contributed by atoms with E-state index in [4.69, 9.17) is 16.3 Å². The van der Waals surface area contributed by atoms with Crippen molar-refractivity contribution in [3.63, 3.8) is 0 Å². The number of carbonyl (C=O) groups is 1. The van der Waals surface area contributed by atoms with Gasteiger partial charge in [-0.05, 0) is 12.8 Å². The SMILES string of the molecule is O=Cc1ncc(OC2CC2)cc1Cl. The summed E-state index contributed by atoms with van der Waals surface area (Å²) in [6, 6.07) is 1.62. The molecular weight excluding hydrogens is 190 g/mol. The number of hydrogen-bond acceptors (Lipinski definition) is 3. The first-order valence-electron chi connectivity index (χ1n) is 4.07. The van der Waals surface area contributed by atoms with E-state index in [0.29, 0.717) is 23.2 Å². The zero-order valence-corrected chi connectivity index (χ0v) is 7.62. The van der Waals surface area contributed by atoms with Crippen molar-refractivity contribution < 1.29 is 9.53 Å². The molecule has 1 aliphatic carbocycles. The summed E-state index contributed by atoms with van der Waals surface area (Å²) in [5.41, 5.74) is 0.254. The molecule has 0 spiro atoms. The lowest BCUT2D eigenvalue weighted by Crippen LogP contribution is -1.97. The monoisotopic (exact) mass is 197 g/mol. The Morgan fingerprint density at radius 3 is 2.92 bits per heavy atom. The van der Waals surface area contributed by atoms with Crippen LogP contribution in [0.3, 0.4) is 0 Å². The van der Waals surface area contributed by atoms with Gasteiger partial charge in [0.1, 0.15) is 11.4 Å². The molecule has 1 aromatic heterocycles. The summed E-state index contributed by atoms with van der Waals surface area (Å²) >= 11 is 5.76. The number of aromatic nitrogens is 1. The molecule has 1 fully saturated rings. The van der Waals surface area contributed by atoms with Crippen LogP contribution < -0.4 is 4.74 Å². The molecule has 0 unspecified atom stereocenters. The van der Waals surface area contributed by atoms with Crippen molar-refractivity contribution in [2.75, 3.05) is 0 Å². The Hall–Kier alpha value is -1.09. The van der Waals surface area contributed by atoms with Crippen molar-refractivity contribution in [2.24, 2.45) is 0 Å². The maximum atomic E-state index is 10.4. The van der Waals surface area contributed by atoms with E-state index in [1.165, 1.54) is 6.20 Å². The highest BCUT2D eigenvalue weighted by Crippen LogP contribution is 2.28. The smallest absolute Gasteiger partial charge is 0.169 e. The van der Waals surface area contributed by atoms with Gasteiger partial charge < -0.3 is 4.74 Å². The van der Waals surface area contributed by atoms with E-state index >= 15 is 0 Å². The topological polar surface area (TPSA) is 39.2 Å². The van der Waals surface area contributed by atoms with Gasteiger partial charge in [0.25, 0.3) is 0 Å². The lowest BCUT2D eigenvalue weighted by molar-refractivity contribution is 0.111. The summed E-state index contributed by atoms with van der Waals surface area (Å²) in [5.74, 6) is 0.637. The van der Waals surface area contributed by atoms with Gasteiger partial charge in [-0.15, -0.1) is 0 Å². The molecule has 68 valence electrons. The highest BCUT2D eigenvalue weighted by molar-refractivity contribution is 6.32. The maximum Gasteiger partial charge on any atom is 0.169 e. The van der Waals surface area contributed by atoms with Gasteiger partial charge in [-0.25, -0.2) is 4.98 Å². The van der Waals surface area contributed by atoms with Gasteiger partial charge in [-0.1, -0.05) is 11.6 Å². The van der Waals surface area contributed by atoms with Gasteiger partial charge in [-0.2, -0.15) is 0 Å². The number of nitrogens with zero attached hydrogens (tertiary/aromatic N) is 1. The summed E-state index contributed by atoms with van der Waals surface area (Å²) in [6.45, 7) is 0. The molecule has 0 saturated heterocycles. The van der Waals surface area contributed by atoms with Crippen molar-refractivity contribution in [3.05, 3.63) is 23.0 Å². The van der Waals surface area contributed by atoms with Crippen molar-refractivity contribution in [2.45, 2.75) is 18.9 Å². The maximum absolute atomic E-state index is 10.4. The second kappa shape index (κ2) is 3.34. The van der Waals surface area contributed by atoms with E-state index in [2.05, 4.69) is 4.98 Å². The van der Waals surface area contributed by atoms with Gasteiger partial charge in [0.2, 0.25) is 0 Å². The van der Waals surface area contributed by atoms with Gasteiger partial charge >= 0.3 is 0 Å². The predicted octanol–water partition coefficient (Wildman–Crippen LogP) is 2.09. The molecule has 1 heterocycles. The van der Waals surface area contributed by atoms with E-state index in [1.54, 1.807) is 6.07 Å². The first-order chi connectivity index (χ1) is 6.29. The van der Waals surface area contributed by atoms with Gasteiger partial charge in [0.15, 0.2) is 6.29 Å². The second-order valence-electron chi connectivity index (χ2n) is 2.97. The largest absolute Gasteiger partial charge is 0.489 e. The molecule has 0 N–H and O–H groups in total. The minimum Gasteiger partial charge on any atom is -0.489 e. The van der Waals surface area contributed by atoms with Crippen LogP contribution >= 0.6 is 11.6 Å². The Balaban J connectivity index is 2.18. The van der Waals surface area contributed by atoms with Crippen LogP contribution in [0.2, 0.25) is 5.02 Å². The number of pyridine rings is 1. The number of aldehydes is 1. The van der Waals surface area contributed by atoms with Crippen molar-refractivity contribution in [1.29, 1.82) is 0 Å². The van der Waals surface area contributed by atoms with Crippen molar-refractivity contribution >= 4 is 17.9 Å². The molecule has 3 nitrogen and oxygen atoms in total. The minimum absolute atomic E-state index is 0.254. The molecular formula is C9H8ClNO2. The van der Waals surface area contributed by atoms with Crippen molar-refractivity contribution in [1.82, 2.24) is 4.98 Å². The second-order valence-corrected chi connectivity index (χ2v) is 3.38. The number of carbonyl (C=O) groups excluding carboxylic acids is 1. The lowest BCUT2D eigenvalue weighted by atomic mass is 10.3. The Kier molecular flexibility index (Phi) is 2.19. The fraction of sp³-hybridized carbons (Fsp3) is 0.333. The summed E-state index contributed by atoms with van der Waals surface area (Å²) in [7, 11) is 0. The number of hydrogen-bond donors (Lipinski definition) is 0. The molecule has 13 heavy (non-hydrogen) atoms. The fourth-order valence-corrected chi connectivity index (χ4v) is 1.16. The number of halogens is 1. The van der Waals surface area contributed by atoms with Crippen LogP contribution in [0.25, 0.3) is 0 Å². The number of rotatable bonds is 3. The minimum atomic E-state index is 0.254. The van der Waals surface area contributed by atoms with Crippen LogP contribution in [0.1, 0.15) is 23.3 Å². The third kappa shape index (κ3) is 1.98. The molecule has 0 radical (unpaired) electrons. The standard InChI is InChI=1S/C9H8ClNO2/c10-8-3-7(13-6-1-2-6)4-11-9(8)5-12/h3-6H,1-2H2. The zero-order valence-electron chi connectivity index (χ0n) is 6.87. The van der Waals surface area contributed by atoms with E-state index in [1.807, 2.05) is 0 Å².